The Morgan fingerprint density at radius 1 is 1.50 bits per heavy atom. The zero-order chi connectivity index (χ0) is 13.0. The van der Waals surface area contributed by atoms with Crippen molar-refractivity contribution in [2.75, 3.05) is 18.9 Å². The number of aliphatic hydroxyl groups is 1. The van der Waals surface area contributed by atoms with E-state index < -0.39 is 0 Å². The first-order valence-corrected chi connectivity index (χ1v) is 6.35. The monoisotopic (exact) mass is 249 g/mol. The van der Waals surface area contributed by atoms with Gasteiger partial charge in [0.15, 0.2) is 0 Å². The van der Waals surface area contributed by atoms with Crippen LogP contribution in [-0.4, -0.2) is 40.1 Å². The molecular weight excluding hydrogens is 230 g/mol. The van der Waals surface area contributed by atoms with Gasteiger partial charge in [0.25, 0.3) is 5.91 Å². The third kappa shape index (κ3) is 2.79. The summed E-state index contributed by atoms with van der Waals surface area (Å²) in [6, 6.07) is 3.65. The Balaban J connectivity index is 2.08. The topological polar surface area (TPSA) is 79.5 Å². The van der Waals surface area contributed by atoms with Gasteiger partial charge in [0.2, 0.25) is 0 Å². The van der Waals surface area contributed by atoms with E-state index in [0.29, 0.717) is 30.4 Å². The zero-order valence-corrected chi connectivity index (χ0v) is 10.4. The number of aliphatic hydroxyl groups excluding tert-OH is 1. The molecule has 1 aromatic heterocycles. The molecule has 1 heterocycles. The van der Waals surface area contributed by atoms with Crippen molar-refractivity contribution in [3.63, 3.8) is 0 Å². The normalized spacial score (nSPS) is 15.2. The second-order valence-corrected chi connectivity index (χ2v) is 4.64. The number of hydrogen-bond acceptors (Lipinski definition) is 4. The molecule has 0 aromatic carbocycles. The summed E-state index contributed by atoms with van der Waals surface area (Å²) in [5, 5.41) is 8.91. The van der Waals surface area contributed by atoms with E-state index in [9.17, 15) is 4.79 Å². The number of anilines is 1. The van der Waals surface area contributed by atoms with Crippen LogP contribution in [-0.2, 0) is 0 Å². The average molecular weight is 249 g/mol. The molecule has 1 fully saturated rings. The summed E-state index contributed by atoms with van der Waals surface area (Å²) in [6.07, 6.45) is 5.37. The predicted octanol–water partition coefficient (Wildman–Crippen LogP) is 1.04. The Labute approximate surface area is 107 Å². The lowest BCUT2D eigenvalue weighted by molar-refractivity contribution is 0.0556. The Kier molecular flexibility index (Phi) is 4.15. The summed E-state index contributed by atoms with van der Waals surface area (Å²) in [5.41, 5.74) is 6.54. The van der Waals surface area contributed by atoms with Gasteiger partial charge in [-0.15, -0.1) is 0 Å². The van der Waals surface area contributed by atoms with Crippen molar-refractivity contribution in [3.05, 3.63) is 24.0 Å². The minimum Gasteiger partial charge on any atom is -0.397 e. The molecule has 0 saturated heterocycles. The van der Waals surface area contributed by atoms with Crippen LogP contribution in [0.15, 0.2) is 18.3 Å². The van der Waals surface area contributed by atoms with E-state index in [4.69, 9.17) is 10.8 Å². The molecule has 18 heavy (non-hydrogen) atoms. The molecule has 0 radical (unpaired) electrons. The molecule has 5 heteroatoms. The molecule has 0 spiro atoms. The standard InChI is InChI=1S/C13H19N3O2/c14-10-5-6-12(15-9-10)13(18)16(7-2-8-17)11-3-1-4-11/h5-6,9,11,17H,1-4,7-8,14H2. The minimum absolute atomic E-state index is 0.0619. The molecule has 1 saturated carbocycles. The Morgan fingerprint density at radius 3 is 2.78 bits per heavy atom. The highest BCUT2D eigenvalue weighted by atomic mass is 16.3. The van der Waals surface area contributed by atoms with Gasteiger partial charge in [-0.05, 0) is 37.8 Å². The first-order chi connectivity index (χ1) is 8.72. The second kappa shape index (κ2) is 5.82. The maximum Gasteiger partial charge on any atom is 0.272 e. The Hall–Kier alpha value is -1.62. The SMILES string of the molecule is Nc1ccc(C(=O)N(CCCO)C2CCC2)nc1. The average Bonchev–Trinajstić information content (AvgIpc) is 2.32. The number of aromatic nitrogens is 1. The summed E-state index contributed by atoms with van der Waals surface area (Å²) >= 11 is 0. The van der Waals surface area contributed by atoms with Gasteiger partial charge in [-0.3, -0.25) is 4.79 Å². The van der Waals surface area contributed by atoms with Crippen LogP contribution in [0.5, 0.6) is 0 Å². The highest BCUT2D eigenvalue weighted by Gasteiger charge is 2.29. The second-order valence-electron chi connectivity index (χ2n) is 4.64. The number of hydrogen-bond donors (Lipinski definition) is 2. The van der Waals surface area contributed by atoms with Crippen molar-refractivity contribution < 1.29 is 9.90 Å². The molecule has 1 amide bonds. The van der Waals surface area contributed by atoms with Crippen molar-refractivity contribution in [2.24, 2.45) is 0 Å². The van der Waals surface area contributed by atoms with Crippen LogP contribution in [0, 0.1) is 0 Å². The molecular formula is C13H19N3O2. The summed E-state index contributed by atoms with van der Waals surface area (Å²) in [7, 11) is 0. The van der Waals surface area contributed by atoms with Crippen LogP contribution < -0.4 is 5.73 Å². The molecule has 3 N–H and O–H groups in total. The van der Waals surface area contributed by atoms with Crippen LogP contribution in [0.1, 0.15) is 36.2 Å². The minimum atomic E-state index is -0.0619. The number of carbonyl (C=O) groups is 1. The molecule has 5 nitrogen and oxygen atoms in total. The number of nitrogens with zero attached hydrogens (tertiary/aromatic N) is 2. The fourth-order valence-electron chi connectivity index (χ4n) is 2.07. The van der Waals surface area contributed by atoms with Gasteiger partial charge in [-0.25, -0.2) is 4.98 Å². The van der Waals surface area contributed by atoms with Gasteiger partial charge in [-0.1, -0.05) is 0 Å². The smallest absolute Gasteiger partial charge is 0.272 e. The molecule has 0 aliphatic heterocycles. The number of carbonyl (C=O) groups excluding carboxylic acids is 1. The van der Waals surface area contributed by atoms with Crippen molar-refractivity contribution in [2.45, 2.75) is 31.7 Å². The number of nitrogen functional groups attached to an aromatic ring is 1. The van der Waals surface area contributed by atoms with E-state index in [1.165, 1.54) is 12.6 Å². The molecule has 0 atom stereocenters. The van der Waals surface area contributed by atoms with E-state index in [1.807, 2.05) is 4.90 Å². The molecule has 98 valence electrons. The fraction of sp³-hybridized carbons (Fsp3) is 0.538. The van der Waals surface area contributed by atoms with Crippen LogP contribution in [0.4, 0.5) is 5.69 Å². The van der Waals surface area contributed by atoms with Gasteiger partial charge in [0.05, 0.1) is 11.9 Å². The summed E-state index contributed by atoms with van der Waals surface area (Å²) in [6.45, 7) is 0.692. The van der Waals surface area contributed by atoms with E-state index in [1.54, 1.807) is 12.1 Å². The van der Waals surface area contributed by atoms with Crippen molar-refractivity contribution in [3.8, 4) is 0 Å². The summed E-state index contributed by atoms with van der Waals surface area (Å²) in [4.78, 5) is 18.2. The fourth-order valence-corrected chi connectivity index (χ4v) is 2.07. The zero-order valence-electron chi connectivity index (χ0n) is 10.4. The molecule has 2 rings (SSSR count). The highest BCUT2D eigenvalue weighted by Crippen LogP contribution is 2.26. The lowest BCUT2D eigenvalue weighted by Gasteiger charge is -2.37. The van der Waals surface area contributed by atoms with Gasteiger partial charge in [0, 0.05) is 19.2 Å². The van der Waals surface area contributed by atoms with E-state index in [0.717, 1.165) is 12.8 Å². The third-order valence-electron chi connectivity index (χ3n) is 3.34. The maximum absolute atomic E-state index is 12.3. The molecule has 1 aliphatic rings. The molecule has 0 unspecified atom stereocenters. The van der Waals surface area contributed by atoms with Crippen LogP contribution in [0.2, 0.25) is 0 Å². The summed E-state index contributed by atoms with van der Waals surface area (Å²) < 4.78 is 0. The number of rotatable bonds is 5. The van der Waals surface area contributed by atoms with Crippen LogP contribution in [0.3, 0.4) is 0 Å². The Morgan fingerprint density at radius 2 is 2.28 bits per heavy atom. The first-order valence-electron chi connectivity index (χ1n) is 6.35. The van der Waals surface area contributed by atoms with E-state index >= 15 is 0 Å². The van der Waals surface area contributed by atoms with Crippen molar-refractivity contribution >= 4 is 11.6 Å². The Bertz CT molecular complexity index is 401. The highest BCUT2D eigenvalue weighted by molar-refractivity contribution is 5.92. The van der Waals surface area contributed by atoms with Gasteiger partial charge in [-0.2, -0.15) is 0 Å². The first kappa shape index (κ1) is 12.8. The molecule has 1 aromatic rings. The van der Waals surface area contributed by atoms with Gasteiger partial charge < -0.3 is 15.7 Å². The van der Waals surface area contributed by atoms with Crippen LogP contribution >= 0.6 is 0 Å². The molecule has 0 bridgehead atoms. The lowest BCUT2D eigenvalue weighted by atomic mass is 9.91. The number of pyridine rings is 1. The lowest BCUT2D eigenvalue weighted by Crippen LogP contribution is -2.45. The molecule has 1 aliphatic carbocycles. The van der Waals surface area contributed by atoms with E-state index in [-0.39, 0.29) is 12.5 Å². The largest absolute Gasteiger partial charge is 0.397 e. The quantitative estimate of drug-likeness (QED) is 0.817. The number of amides is 1. The predicted molar refractivity (Wildman–Crippen MR) is 69.0 cm³/mol. The van der Waals surface area contributed by atoms with Gasteiger partial charge in [0.1, 0.15) is 5.69 Å². The number of nitrogens with two attached hydrogens (primary N) is 1. The van der Waals surface area contributed by atoms with Crippen LogP contribution in [0.25, 0.3) is 0 Å². The maximum atomic E-state index is 12.3. The van der Waals surface area contributed by atoms with E-state index in [2.05, 4.69) is 4.98 Å². The van der Waals surface area contributed by atoms with Crippen molar-refractivity contribution in [1.29, 1.82) is 0 Å². The van der Waals surface area contributed by atoms with Gasteiger partial charge >= 0.3 is 0 Å². The van der Waals surface area contributed by atoms with Crippen molar-refractivity contribution in [1.82, 2.24) is 9.88 Å². The summed E-state index contributed by atoms with van der Waals surface area (Å²) in [5.74, 6) is -0.0619. The third-order valence-corrected chi connectivity index (χ3v) is 3.34.